The number of anilines is 2. The first-order chi connectivity index (χ1) is 15.5. The van der Waals surface area contributed by atoms with Gasteiger partial charge in [0.2, 0.25) is 17.8 Å². The number of aromatic nitrogens is 3. The molecule has 0 spiro atoms. The number of nitrogens with zero attached hydrogens (tertiary/aromatic N) is 3. The fourth-order valence-corrected chi connectivity index (χ4v) is 3.82. The number of hydrogen-bond acceptors (Lipinski definition) is 7. The molecule has 10 heteroatoms. The zero-order chi connectivity index (χ0) is 22.7. The van der Waals surface area contributed by atoms with Crippen LogP contribution in [-0.4, -0.2) is 73.7 Å². The third-order valence-electron chi connectivity index (χ3n) is 5.59. The monoisotopic (exact) mass is 441 g/mol. The summed E-state index contributed by atoms with van der Waals surface area (Å²) in [5, 5.41) is 4.35. The molecule has 170 valence electrons. The smallest absolute Gasteiger partial charge is 0.260 e. The van der Waals surface area contributed by atoms with Crippen molar-refractivity contribution < 1.29 is 24.0 Å². The van der Waals surface area contributed by atoms with Gasteiger partial charge in [0.05, 0.1) is 26.1 Å². The van der Waals surface area contributed by atoms with Crippen LogP contribution in [0, 0.1) is 0 Å². The van der Waals surface area contributed by atoms with Crippen LogP contribution in [0.4, 0.5) is 11.5 Å². The third kappa shape index (κ3) is 4.40. The molecule has 3 heterocycles. The van der Waals surface area contributed by atoms with Crippen molar-refractivity contribution in [1.29, 1.82) is 0 Å². The van der Waals surface area contributed by atoms with Gasteiger partial charge < -0.3 is 29.3 Å². The largest absolute Gasteiger partial charge is 0.494 e. The van der Waals surface area contributed by atoms with Crippen molar-refractivity contribution in [2.75, 3.05) is 53.3 Å². The van der Waals surface area contributed by atoms with Gasteiger partial charge in [-0.2, -0.15) is 0 Å². The number of benzene rings is 1. The molecule has 1 amide bonds. The van der Waals surface area contributed by atoms with E-state index in [-0.39, 0.29) is 12.5 Å². The Bertz CT molecular complexity index is 1120. The highest BCUT2D eigenvalue weighted by Gasteiger charge is 2.21. The Morgan fingerprint density at radius 2 is 1.97 bits per heavy atom. The second-order valence-corrected chi connectivity index (χ2v) is 7.84. The molecule has 1 aliphatic rings. The fourth-order valence-electron chi connectivity index (χ4n) is 3.82. The number of hydrogen-bond donors (Lipinski definition) is 2. The highest BCUT2D eigenvalue weighted by Crippen LogP contribution is 2.40. The zero-order valence-corrected chi connectivity index (χ0v) is 18.8. The summed E-state index contributed by atoms with van der Waals surface area (Å²) in [6, 6.07) is 3.49. The molecule has 2 bridgehead atoms. The van der Waals surface area contributed by atoms with E-state index >= 15 is 0 Å². The quantitative estimate of drug-likeness (QED) is 0.625. The lowest BCUT2D eigenvalue weighted by atomic mass is 10.2. The minimum atomic E-state index is -0.0954. The van der Waals surface area contributed by atoms with Gasteiger partial charge in [0, 0.05) is 37.8 Å². The van der Waals surface area contributed by atoms with Gasteiger partial charge in [0.25, 0.3) is 5.91 Å². The van der Waals surface area contributed by atoms with E-state index in [1.807, 2.05) is 6.20 Å². The topological polar surface area (TPSA) is 106 Å². The van der Waals surface area contributed by atoms with E-state index in [1.54, 1.807) is 44.6 Å². The number of aromatic amines is 2. The molecule has 4 rings (SSSR count). The second kappa shape index (κ2) is 9.31. The maximum Gasteiger partial charge on any atom is 0.260 e. The Morgan fingerprint density at radius 3 is 2.75 bits per heavy atom. The van der Waals surface area contributed by atoms with Crippen LogP contribution >= 0.6 is 0 Å². The van der Waals surface area contributed by atoms with Crippen molar-refractivity contribution in [2.45, 2.75) is 13.0 Å². The van der Waals surface area contributed by atoms with E-state index in [1.165, 1.54) is 0 Å². The van der Waals surface area contributed by atoms with Gasteiger partial charge in [0.15, 0.2) is 18.1 Å². The van der Waals surface area contributed by atoms with Crippen LogP contribution in [0.1, 0.15) is 12.0 Å². The van der Waals surface area contributed by atoms with Crippen molar-refractivity contribution in [3.8, 4) is 17.2 Å². The van der Waals surface area contributed by atoms with E-state index in [9.17, 15) is 4.79 Å². The summed E-state index contributed by atoms with van der Waals surface area (Å²) in [6.45, 7) is 2.14. The predicted octanol–water partition coefficient (Wildman–Crippen LogP) is 1.81. The Morgan fingerprint density at radius 1 is 1.16 bits per heavy atom. The Kier molecular flexibility index (Phi) is 6.31. The molecule has 3 N–H and O–H groups in total. The fraction of sp³-hybridized carbons (Fsp3) is 0.409. The molecule has 2 aromatic heterocycles. The highest BCUT2D eigenvalue weighted by molar-refractivity contribution is 5.91. The third-order valence-corrected chi connectivity index (χ3v) is 5.59. The van der Waals surface area contributed by atoms with E-state index in [0.717, 1.165) is 36.1 Å². The molecule has 0 saturated carbocycles. The predicted molar refractivity (Wildman–Crippen MR) is 120 cm³/mol. The summed E-state index contributed by atoms with van der Waals surface area (Å²) in [7, 11) is 7.00. The lowest BCUT2D eigenvalue weighted by molar-refractivity contribution is -0.352. The number of methoxy groups -OCH3 is 2. The summed E-state index contributed by atoms with van der Waals surface area (Å²) in [5.41, 5.74) is 2.63. The van der Waals surface area contributed by atoms with Crippen molar-refractivity contribution in [3.63, 3.8) is 0 Å². The number of amides is 1. The van der Waals surface area contributed by atoms with Gasteiger partial charge in [-0.05, 0) is 20.0 Å². The molecule has 32 heavy (non-hydrogen) atoms. The summed E-state index contributed by atoms with van der Waals surface area (Å²) >= 11 is 0. The molecule has 1 aliphatic heterocycles. The normalized spacial score (nSPS) is 15.9. The summed E-state index contributed by atoms with van der Waals surface area (Å²) < 4.78 is 16.9. The van der Waals surface area contributed by atoms with E-state index in [4.69, 9.17) is 14.2 Å². The van der Waals surface area contributed by atoms with E-state index in [0.29, 0.717) is 35.3 Å². The maximum absolute atomic E-state index is 12.6. The minimum Gasteiger partial charge on any atom is -0.494 e. The van der Waals surface area contributed by atoms with Crippen LogP contribution in [0.3, 0.4) is 0 Å². The molecule has 3 aromatic rings. The lowest BCUT2D eigenvalue weighted by Gasteiger charge is -2.21. The molecule has 0 radical (unpaired) electrons. The SMILES string of the molecule is COc1cc(OC)c2cc1Nc1nc[nH+]c3[nH]cc(c13)CN(C)CCCN(C)C(=O)CO2. The zero-order valence-electron chi connectivity index (χ0n) is 18.8. The molecule has 1 aromatic carbocycles. The average molecular weight is 442 g/mol. The van der Waals surface area contributed by atoms with Gasteiger partial charge in [-0.3, -0.25) is 9.78 Å². The number of carbonyl (C=O) groups is 1. The van der Waals surface area contributed by atoms with Gasteiger partial charge in [-0.25, -0.2) is 4.98 Å². The molecule has 0 atom stereocenters. The van der Waals surface area contributed by atoms with Gasteiger partial charge in [-0.1, -0.05) is 4.98 Å². The summed E-state index contributed by atoms with van der Waals surface area (Å²) in [4.78, 5) is 27.5. The average Bonchev–Trinajstić information content (AvgIpc) is 3.20. The van der Waals surface area contributed by atoms with Crippen LogP contribution in [0.15, 0.2) is 24.7 Å². The molecular weight excluding hydrogens is 412 g/mol. The molecule has 10 nitrogen and oxygen atoms in total. The molecule has 0 aliphatic carbocycles. The molecule has 0 saturated heterocycles. The maximum atomic E-state index is 12.6. The number of likely N-dealkylation sites (N-methyl/N-ethyl adjacent to an activating group) is 1. The van der Waals surface area contributed by atoms with Gasteiger partial charge in [-0.15, -0.1) is 0 Å². The number of fused-ring (bicyclic) bond motifs is 2. The molecule has 0 fully saturated rings. The Labute approximate surface area is 186 Å². The van der Waals surface area contributed by atoms with Crippen LogP contribution in [0.2, 0.25) is 0 Å². The van der Waals surface area contributed by atoms with Crippen molar-refractivity contribution in [3.05, 3.63) is 30.2 Å². The van der Waals surface area contributed by atoms with Gasteiger partial charge >= 0.3 is 0 Å². The Hall–Kier alpha value is -3.53. The van der Waals surface area contributed by atoms with Crippen molar-refractivity contribution in [2.24, 2.45) is 0 Å². The second-order valence-electron chi connectivity index (χ2n) is 7.84. The number of rotatable bonds is 2. The lowest BCUT2D eigenvalue weighted by Crippen LogP contribution is -2.33. The first-order valence-corrected chi connectivity index (χ1v) is 10.4. The minimum absolute atomic E-state index is 0.0841. The number of nitrogens with one attached hydrogen (secondary N) is 3. The standard InChI is InChI=1S/C22H28N6O4/c1-27-6-5-7-28(2)19(29)12-32-18-8-15(16(30-3)9-17(18)31-4)26-22-20-14(11-27)10-23-21(20)24-13-25-22/h8-10,13H,5-7,11-12H2,1-4H3,(H2,23,24,25,26)/p+1. The Balaban J connectivity index is 1.80. The van der Waals surface area contributed by atoms with E-state index < -0.39 is 0 Å². The van der Waals surface area contributed by atoms with Crippen molar-refractivity contribution >= 4 is 28.4 Å². The van der Waals surface area contributed by atoms with Crippen molar-refractivity contribution in [1.82, 2.24) is 19.8 Å². The number of carbonyl (C=O) groups excluding carboxylic acids is 1. The van der Waals surface area contributed by atoms with E-state index in [2.05, 4.69) is 32.2 Å². The first-order valence-electron chi connectivity index (χ1n) is 10.4. The molecule has 0 unspecified atom stereocenters. The number of H-pyrrole nitrogens is 2. The summed E-state index contributed by atoms with van der Waals surface area (Å²) in [5.74, 6) is 2.07. The van der Waals surface area contributed by atoms with Gasteiger partial charge in [0.1, 0.15) is 11.1 Å². The van der Waals surface area contributed by atoms with Crippen LogP contribution in [-0.2, 0) is 11.3 Å². The van der Waals surface area contributed by atoms with Crippen LogP contribution < -0.4 is 24.5 Å². The van der Waals surface area contributed by atoms with Crippen LogP contribution in [0.25, 0.3) is 11.0 Å². The summed E-state index contributed by atoms with van der Waals surface area (Å²) in [6.07, 6.45) is 4.48. The first kappa shape index (κ1) is 21.7. The van der Waals surface area contributed by atoms with Crippen LogP contribution in [0.5, 0.6) is 17.2 Å². The highest BCUT2D eigenvalue weighted by atomic mass is 16.5. The molecular formula is C22H29N6O4+. The number of ether oxygens (including phenoxy) is 3.